The number of pyridine rings is 1. The Balaban J connectivity index is 1.36. The number of aryl methyl sites for hydroxylation is 1. The normalized spacial score (nSPS) is 15.7. The number of rotatable bonds is 4. The summed E-state index contributed by atoms with van der Waals surface area (Å²) in [6, 6.07) is 7.56. The summed E-state index contributed by atoms with van der Waals surface area (Å²) in [6.45, 7) is 4.44. The molecule has 1 aliphatic heterocycles. The number of hydrogen-bond donors (Lipinski definition) is 0. The van der Waals surface area contributed by atoms with Crippen molar-refractivity contribution in [1.29, 1.82) is 0 Å². The standard InChI is InChI=1S/C17H19ClN6O/c1-12-20-21-15-4-5-16(22-24(12)15)23-9-6-13(7-10-23)11-25-17-14(18)3-2-8-19-17/h2-5,8,13H,6-7,9-11H2,1H3. The van der Waals surface area contributed by atoms with E-state index in [2.05, 4.69) is 25.2 Å². The van der Waals surface area contributed by atoms with Crippen molar-refractivity contribution in [2.24, 2.45) is 5.92 Å². The first-order chi connectivity index (χ1) is 12.2. The molecule has 1 aliphatic rings. The van der Waals surface area contributed by atoms with Crippen molar-refractivity contribution in [2.75, 3.05) is 24.6 Å². The molecule has 0 spiro atoms. The van der Waals surface area contributed by atoms with E-state index in [1.165, 1.54) is 0 Å². The molecule has 7 nitrogen and oxygen atoms in total. The third-order valence-electron chi connectivity index (χ3n) is 4.52. The highest BCUT2D eigenvalue weighted by Gasteiger charge is 2.21. The van der Waals surface area contributed by atoms with Gasteiger partial charge in [-0.05, 0) is 49.9 Å². The summed E-state index contributed by atoms with van der Waals surface area (Å²) in [4.78, 5) is 6.46. The molecule has 3 aromatic rings. The van der Waals surface area contributed by atoms with Crippen LogP contribution in [-0.2, 0) is 0 Å². The molecule has 0 radical (unpaired) electrons. The molecule has 0 bridgehead atoms. The number of halogens is 1. The SMILES string of the molecule is Cc1nnc2ccc(N3CCC(COc4ncccc4Cl)CC3)nn12. The zero-order valence-electron chi connectivity index (χ0n) is 14.0. The Kier molecular flexibility index (Phi) is 4.40. The van der Waals surface area contributed by atoms with E-state index in [0.29, 0.717) is 23.4 Å². The highest BCUT2D eigenvalue weighted by Crippen LogP contribution is 2.25. The van der Waals surface area contributed by atoms with Crippen LogP contribution in [0.3, 0.4) is 0 Å². The summed E-state index contributed by atoms with van der Waals surface area (Å²) < 4.78 is 7.57. The fourth-order valence-electron chi connectivity index (χ4n) is 3.06. The first-order valence-electron chi connectivity index (χ1n) is 8.38. The summed E-state index contributed by atoms with van der Waals surface area (Å²) >= 11 is 6.08. The minimum absolute atomic E-state index is 0.495. The maximum absolute atomic E-state index is 6.08. The van der Waals surface area contributed by atoms with Crippen molar-refractivity contribution in [3.05, 3.63) is 41.3 Å². The van der Waals surface area contributed by atoms with E-state index in [1.54, 1.807) is 22.8 Å². The lowest BCUT2D eigenvalue weighted by Gasteiger charge is -2.32. The quantitative estimate of drug-likeness (QED) is 0.714. The van der Waals surface area contributed by atoms with Crippen LogP contribution in [0.15, 0.2) is 30.5 Å². The molecule has 0 N–H and O–H groups in total. The second kappa shape index (κ2) is 6.84. The van der Waals surface area contributed by atoms with Crippen molar-refractivity contribution in [3.63, 3.8) is 0 Å². The highest BCUT2D eigenvalue weighted by atomic mass is 35.5. The van der Waals surface area contributed by atoms with Gasteiger partial charge >= 0.3 is 0 Å². The second-order valence-corrected chi connectivity index (χ2v) is 6.65. The van der Waals surface area contributed by atoms with E-state index < -0.39 is 0 Å². The molecule has 0 saturated carbocycles. The van der Waals surface area contributed by atoms with Crippen LogP contribution in [0.25, 0.3) is 5.65 Å². The Morgan fingerprint density at radius 2 is 2.04 bits per heavy atom. The zero-order valence-corrected chi connectivity index (χ0v) is 14.7. The topological polar surface area (TPSA) is 68.4 Å². The van der Waals surface area contributed by atoms with E-state index in [1.807, 2.05) is 19.1 Å². The van der Waals surface area contributed by atoms with Gasteiger partial charge in [0.1, 0.15) is 10.8 Å². The maximum Gasteiger partial charge on any atom is 0.232 e. The van der Waals surface area contributed by atoms with Crippen molar-refractivity contribution in [3.8, 4) is 5.88 Å². The van der Waals surface area contributed by atoms with Crippen LogP contribution in [0.4, 0.5) is 5.82 Å². The van der Waals surface area contributed by atoms with Gasteiger partial charge in [-0.15, -0.1) is 15.3 Å². The summed E-state index contributed by atoms with van der Waals surface area (Å²) in [5, 5.41) is 13.3. The number of hydrogen-bond acceptors (Lipinski definition) is 6. The van der Waals surface area contributed by atoms with Gasteiger partial charge < -0.3 is 9.64 Å². The van der Waals surface area contributed by atoms with E-state index in [0.717, 1.165) is 43.2 Å². The zero-order chi connectivity index (χ0) is 17.2. The average Bonchev–Trinajstić information content (AvgIpc) is 3.02. The molecular formula is C17H19ClN6O. The monoisotopic (exact) mass is 358 g/mol. The third-order valence-corrected chi connectivity index (χ3v) is 4.81. The lowest BCUT2D eigenvalue weighted by atomic mass is 9.98. The van der Waals surface area contributed by atoms with Crippen molar-refractivity contribution in [1.82, 2.24) is 24.8 Å². The summed E-state index contributed by atoms with van der Waals surface area (Å²) in [7, 11) is 0. The van der Waals surface area contributed by atoms with Crippen LogP contribution in [0.5, 0.6) is 5.88 Å². The Morgan fingerprint density at radius 1 is 1.20 bits per heavy atom. The maximum atomic E-state index is 6.08. The van der Waals surface area contributed by atoms with Gasteiger partial charge in [0.2, 0.25) is 5.88 Å². The Labute approximate surface area is 150 Å². The number of piperidine rings is 1. The van der Waals surface area contributed by atoms with E-state index >= 15 is 0 Å². The number of ether oxygens (including phenoxy) is 1. The molecule has 1 saturated heterocycles. The predicted molar refractivity (Wildman–Crippen MR) is 95.2 cm³/mol. The Morgan fingerprint density at radius 3 is 2.84 bits per heavy atom. The first-order valence-corrected chi connectivity index (χ1v) is 8.76. The third kappa shape index (κ3) is 3.37. The van der Waals surface area contributed by atoms with Gasteiger partial charge in [-0.25, -0.2) is 4.98 Å². The first kappa shape index (κ1) is 16.1. The number of fused-ring (bicyclic) bond motifs is 1. The molecule has 3 aromatic heterocycles. The van der Waals surface area contributed by atoms with E-state index in [9.17, 15) is 0 Å². The molecule has 1 fully saturated rings. The molecule has 8 heteroatoms. The van der Waals surface area contributed by atoms with Crippen LogP contribution in [-0.4, -0.2) is 44.5 Å². The lowest BCUT2D eigenvalue weighted by molar-refractivity contribution is 0.216. The van der Waals surface area contributed by atoms with Crippen LogP contribution < -0.4 is 9.64 Å². The number of anilines is 1. The van der Waals surface area contributed by atoms with Gasteiger partial charge in [0.05, 0.1) is 6.61 Å². The van der Waals surface area contributed by atoms with E-state index in [-0.39, 0.29) is 0 Å². The smallest absolute Gasteiger partial charge is 0.232 e. The fraction of sp³-hybridized carbons (Fsp3) is 0.412. The largest absolute Gasteiger partial charge is 0.476 e. The molecule has 0 amide bonds. The fourth-order valence-corrected chi connectivity index (χ4v) is 3.23. The minimum atomic E-state index is 0.495. The van der Waals surface area contributed by atoms with Gasteiger partial charge in [-0.2, -0.15) is 4.52 Å². The number of nitrogens with zero attached hydrogens (tertiary/aromatic N) is 6. The van der Waals surface area contributed by atoms with Crippen molar-refractivity contribution >= 4 is 23.1 Å². The Hall–Kier alpha value is -2.41. The number of aromatic nitrogens is 5. The van der Waals surface area contributed by atoms with Gasteiger partial charge in [-0.1, -0.05) is 11.6 Å². The molecule has 0 unspecified atom stereocenters. The predicted octanol–water partition coefficient (Wildman–Crippen LogP) is 2.78. The summed E-state index contributed by atoms with van der Waals surface area (Å²) in [5.74, 6) is 2.77. The van der Waals surface area contributed by atoms with Gasteiger partial charge in [0.25, 0.3) is 0 Å². The average molecular weight is 359 g/mol. The lowest BCUT2D eigenvalue weighted by Crippen LogP contribution is -2.36. The molecule has 4 heterocycles. The summed E-state index contributed by atoms with van der Waals surface area (Å²) in [5.41, 5.74) is 0.775. The van der Waals surface area contributed by atoms with Crippen LogP contribution in [0.1, 0.15) is 18.7 Å². The van der Waals surface area contributed by atoms with Crippen LogP contribution in [0.2, 0.25) is 5.02 Å². The molecule has 0 aliphatic carbocycles. The molecular weight excluding hydrogens is 340 g/mol. The summed E-state index contributed by atoms with van der Waals surface area (Å²) in [6.07, 6.45) is 3.79. The van der Waals surface area contributed by atoms with Gasteiger partial charge in [0, 0.05) is 19.3 Å². The van der Waals surface area contributed by atoms with E-state index in [4.69, 9.17) is 16.3 Å². The molecule has 4 rings (SSSR count). The Bertz CT molecular complexity index is 874. The van der Waals surface area contributed by atoms with Crippen LogP contribution >= 0.6 is 11.6 Å². The molecule has 130 valence electrons. The van der Waals surface area contributed by atoms with Gasteiger partial charge in [0.15, 0.2) is 11.5 Å². The van der Waals surface area contributed by atoms with Crippen molar-refractivity contribution in [2.45, 2.75) is 19.8 Å². The van der Waals surface area contributed by atoms with Gasteiger partial charge in [-0.3, -0.25) is 0 Å². The highest BCUT2D eigenvalue weighted by molar-refractivity contribution is 6.31. The minimum Gasteiger partial charge on any atom is -0.476 e. The van der Waals surface area contributed by atoms with Crippen LogP contribution in [0, 0.1) is 12.8 Å². The molecule has 0 atom stereocenters. The van der Waals surface area contributed by atoms with Crippen molar-refractivity contribution < 1.29 is 4.74 Å². The molecule has 0 aromatic carbocycles. The second-order valence-electron chi connectivity index (χ2n) is 6.24. The molecule has 25 heavy (non-hydrogen) atoms.